The summed E-state index contributed by atoms with van der Waals surface area (Å²) in [5, 5.41) is 3.17. The molecule has 1 aromatic rings. The first kappa shape index (κ1) is 13.5. The summed E-state index contributed by atoms with van der Waals surface area (Å²) in [5.41, 5.74) is 2.71. The van der Waals surface area contributed by atoms with Gasteiger partial charge in [-0.3, -0.25) is 4.90 Å². The van der Waals surface area contributed by atoms with Crippen molar-refractivity contribution in [3.05, 3.63) is 35.4 Å². The predicted octanol–water partition coefficient (Wildman–Crippen LogP) is 2.02. The summed E-state index contributed by atoms with van der Waals surface area (Å²) < 4.78 is 5.66. The molecule has 1 fully saturated rings. The number of nitrogens with one attached hydrogen (secondary N) is 1. The van der Waals surface area contributed by atoms with E-state index in [2.05, 4.69) is 41.5 Å². The van der Waals surface area contributed by atoms with Crippen LogP contribution in [0.15, 0.2) is 24.3 Å². The van der Waals surface area contributed by atoms with E-state index in [4.69, 9.17) is 4.74 Å². The zero-order chi connectivity index (χ0) is 12.8. The number of benzene rings is 1. The van der Waals surface area contributed by atoms with Crippen molar-refractivity contribution in [1.29, 1.82) is 0 Å². The third kappa shape index (κ3) is 4.09. The predicted molar refractivity (Wildman–Crippen MR) is 74.5 cm³/mol. The molecule has 0 radical (unpaired) electrons. The molecule has 0 saturated carbocycles. The fourth-order valence-corrected chi connectivity index (χ4v) is 2.48. The van der Waals surface area contributed by atoms with Crippen molar-refractivity contribution >= 4 is 0 Å². The molecule has 1 aliphatic heterocycles. The highest BCUT2D eigenvalue weighted by Gasteiger charge is 2.17. The van der Waals surface area contributed by atoms with Crippen LogP contribution in [0.3, 0.4) is 0 Å². The van der Waals surface area contributed by atoms with Crippen LogP contribution in [0.5, 0.6) is 0 Å². The Hall–Kier alpha value is -0.900. The van der Waals surface area contributed by atoms with E-state index in [0.29, 0.717) is 6.10 Å². The average molecular weight is 248 g/mol. The fraction of sp³-hybridized carbons (Fsp3) is 0.600. The quantitative estimate of drug-likeness (QED) is 0.833. The summed E-state index contributed by atoms with van der Waals surface area (Å²) in [6.07, 6.45) is 2.88. The first-order valence-corrected chi connectivity index (χ1v) is 6.80. The molecule has 100 valence electrons. The number of rotatable bonds is 6. The molecule has 1 N–H and O–H groups in total. The first-order valence-electron chi connectivity index (χ1n) is 6.80. The van der Waals surface area contributed by atoms with E-state index in [9.17, 15) is 0 Å². The summed E-state index contributed by atoms with van der Waals surface area (Å²) in [6.45, 7) is 3.92. The minimum absolute atomic E-state index is 0.443. The van der Waals surface area contributed by atoms with Crippen LogP contribution in [0, 0.1) is 0 Å². The zero-order valence-corrected chi connectivity index (χ0v) is 11.5. The van der Waals surface area contributed by atoms with Gasteiger partial charge in [-0.25, -0.2) is 0 Å². The second kappa shape index (κ2) is 6.88. The van der Waals surface area contributed by atoms with Gasteiger partial charge < -0.3 is 10.1 Å². The van der Waals surface area contributed by atoms with E-state index in [0.717, 1.165) is 26.2 Å². The molecule has 1 unspecified atom stereocenters. The minimum Gasteiger partial charge on any atom is -0.377 e. The van der Waals surface area contributed by atoms with Crippen molar-refractivity contribution in [1.82, 2.24) is 10.2 Å². The normalized spacial score (nSPS) is 19.6. The molecule has 2 rings (SSSR count). The lowest BCUT2D eigenvalue weighted by molar-refractivity contribution is 0.0793. The number of hydrogen-bond acceptors (Lipinski definition) is 3. The highest BCUT2D eigenvalue weighted by Crippen LogP contribution is 2.14. The molecule has 3 heteroatoms. The third-order valence-corrected chi connectivity index (χ3v) is 3.40. The smallest absolute Gasteiger partial charge is 0.0702 e. The summed E-state index contributed by atoms with van der Waals surface area (Å²) in [5.74, 6) is 0. The van der Waals surface area contributed by atoms with E-state index in [1.807, 2.05) is 7.05 Å². The van der Waals surface area contributed by atoms with Crippen LogP contribution in [-0.4, -0.2) is 38.3 Å². The lowest BCUT2D eigenvalue weighted by Crippen LogP contribution is -2.28. The maximum atomic E-state index is 5.66. The number of likely N-dealkylation sites (N-methyl/N-ethyl adjacent to an activating group) is 1. The van der Waals surface area contributed by atoms with Crippen molar-refractivity contribution in [2.24, 2.45) is 0 Å². The molecular formula is C15H24N2O. The Bertz CT molecular complexity index is 344. The molecule has 0 spiro atoms. The summed E-state index contributed by atoms with van der Waals surface area (Å²) >= 11 is 0. The highest BCUT2D eigenvalue weighted by atomic mass is 16.5. The first-order chi connectivity index (χ1) is 8.78. The Morgan fingerprint density at radius 1 is 1.28 bits per heavy atom. The minimum atomic E-state index is 0.443. The molecule has 1 aliphatic rings. The van der Waals surface area contributed by atoms with Crippen LogP contribution in [0.25, 0.3) is 0 Å². The van der Waals surface area contributed by atoms with Crippen LogP contribution in [0.1, 0.15) is 24.0 Å². The second-order valence-corrected chi connectivity index (χ2v) is 5.18. The SMILES string of the molecule is CNCc1ccc(CN(C)CC2CCCO2)cc1. The van der Waals surface area contributed by atoms with E-state index in [1.165, 1.54) is 24.0 Å². The van der Waals surface area contributed by atoms with Gasteiger partial charge in [-0.2, -0.15) is 0 Å². The van der Waals surface area contributed by atoms with E-state index < -0.39 is 0 Å². The van der Waals surface area contributed by atoms with Gasteiger partial charge in [0.15, 0.2) is 0 Å². The summed E-state index contributed by atoms with van der Waals surface area (Å²) in [7, 11) is 4.15. The Morgan fingerprint density at radius 2 is 2.00 bits per heavy atom. The van der Waals surface area contributed by atoms with E-state index in [1.54, 1.807) is 0 Å². The summed E-state index contributed by atoms with van der Waals surface area (Å²) in [4.78, 5) is 2.35. The second-order valence-electron chi connectivity index (χ2n) is 5.18. The Labute approximate surface area is 110 Å². The van der Waals surface area contributed by atoms with Crippen LogP contribution in [0.2, 0.25) is 0 Å². The van der Waals surface area contributed by atoms with Gasteiger partial charge in [-0.15, -0.1) is 0 Å². The van der Waals surface area contributed by atoms with Crippen molar-refractivity contribution in [3.8, 4) is 0 Å². The molecule has 3 nitrogen and oxygen atoms in total. The number of nitrogens with zero attached hydrogens (tertiary/aromatic N) is 1. The Balaban J connectivity index is 1.80. The maximum absolute atomic E-state index is 5.66. The average Bonchev–Trinajstić information content (AvgIpc) is 2.84. The number of ether oxygens (including phenoxy) is 1. The van der Waals surface area contributed by atoms with Gasteiger partial charge in [0.05, 0.1) is 6.10 Å². The van der Waals surface area contributed by atoms with Gasteiger partial charge in [-0.05, 0) is 38.1 Å². The van der Waals surface area contributed by atoms with Crippen molar-refractivity contribution in [2.75, 3.05) is 27.2 Å². The van der Waals surface area contributed by atoms with Gasteiger partial charge in [0.25, 0.3) is 0 Å². The largest absolute Gasteiger partial charge is 0.377 e. The molecule has 1 heterocycles. The van der Waals surface area contributed by atoms with Gasteiger partial charge in [0.2, 0.25) is 0 Å². The van der Waals surface area contributed by atoms with Crippen LogP contribution >= 0.6 is 0 Å². The van der Waals surface area contributed by atoms with Crippen molar-refractivity contribution in [2.45, 2.75) is 32.0 Å². The molecule has 0 bridgehead atoms. The van der Waals surface area contributed by atoms with Gasteiger partial charge in [-0.1, -0.05) is 24.3 Å². The molecule has 1 saturated heterocycles. The van der Waals surface area contributed by atoms with Crippen molar-refractivity contribution < 1.29 is 4.74 Å². The standard InChI is InChI=1S/C15H24N2O/c1-16-10-13-5-7-14(8-6-13)11-17(2)12-15-4-3-9-18-15/h5-8,15-16H,3-4,9-12H2,1-2H3. The Kier molecular flexibility index (Phi) is 5.17. The van der Waals surface area contributed by atoms with E-state index in [-0.39, 0.29) is 0 Å². The lowest BCUT2D eigenvalue weighted by atomic mass is 10.1. The van der Waals surface area contributed by atoms with Gasteiger partial charge >= 0.3 is 0 Å². The lowest BCUT2D eigenvalue weighted by Gasteiger charge is -2.20. The van der Waals surface area contributed by atoms with Crippen molar-refractivity contribution in [3.63, 3.8) is 0 Å². The molecule has 18 heavy (non-hydrogen) atoms. The summed E-state index contributed by atoms with van der Waals surface area (Å²) in [6, 6.07) is 8.84. The topological polar surface area (TPSA) is 24.5 Å². The molecule has 0 aromatic heterocycles. The van der Waals surface area contributed by atoms with Crippen LogP contribution in [-0.2, 0) is 17.8 Å². The number of hydrogen-bond donors (Lipinski definition) is 1. The molecule has 0 aliphatic carbocycles. The zero-order valence-electron chi connectivity index (χ0n) is 11.5. The van der Waals surface area contributed by atoms with Gasteiger partial charge in [0, 0.05) is 26.2 Å². The van der Waals surface area contributed by atoms with Crippen LogP contribution < -0.4 is 5.32 Å². The monoisotopic (exact) mass is 248 g/mol. The molecule has 1 atom stereocenters. The molecule has 0 amide bonds. The third-order valence-electron chi connectivity index (χ3n) is 3.40. The van der Waals surface area contributed by atoms with Gasteiger partial charge in [0.1, 0.15) is 0 Å². The highest BCUT2D eigenvalue weighted by molar-refractivity contribution is 5.22. The Morgan fingerprint density at radius 3 is 2.61 bits per heavy atom. The van der Waals surface area contributed by atoms with E-state index >= 15 is 0 Å². The fourth-order valence-electron chi connectivity index (χ4n) is 2.48. The maximum Gasteiger partial charge on any atom is 0.0702 e. The van der Waals surface area contributed by atoms with Crippen LogP contribution in [0.4, 0.5) is 0 Å². The molecule has 1 aromatic carbocycles. The molecular weight excluding hydrogens is 224 g/mol.